The van der Waals surface area contributed by atoms with Crippen molar-refractivity contribution in [1.29, 1.82) is 0 Å². The molecule has 0 saturated carbocycles. The van der Waals surface area contributed by atoms with Gasteiger partial charge in [0.05, 0.1) is 6.54 Å². The zero-order valence-electron chi connectivity index (χ0n) is 11.4. The Morgan fingerprint density at radius 1 is 1.55 bits per heavy atom. The minimum atomic E-state index is 0. The zero-order chi connectivity index (χ0) is 13.2. The summed E-state index contributed by atoms with van der Waals surface area (Å²) in [5.74, 6) is 1.96. The van der Waals surface area contributed by atoms with Gasteiger partial charge in [0.1, 0.15) is 0 Å². The molecule has 2 unspecified atom stereocenters. The molecule has 3 rings (SSSR count). The van der Waals surface area contributed by atoms with E-state index in [1.165, 1.54) is 0 Å². The third kappa shape index (κ3) is 3.20. The van der Waals surface area contributed by atoms with Crippen LogP contribution in [0.15, 0.2) is 21.3 Å². The monoisotopic (exact) mass is 314 g/mol. The minimum absolute atomic E-state index is 0. The van der Waals surface area contributed by atoms with Crippen LogP contribution >= 0.6 is 23.7 Å². The lowest BCUT2D eigenvalue weighted by Gasteiger charge is -2.18. The largest absolute Gasteiger partial charge is 0.338 e. The van der Waals surface area contributed by atoms with Crippen molar-refractivity contribution in [2.75, 3.05) is 13.1 Å². The van der Waals surface area contributed by atoms with Crippen molar-refractivity contribution in [3.8, 4) is 11.4 Å². The van der Waals surface area contributed by atoms with Gasteiger partial charge in [0.15, 0.2) is 0 Å². The second kappa shape index (κ2) is 6.67. The van der Waals surface area contributed by atoms with Gasteiger partial charge >= 0.3 is 0 Å². The van der Waals surface area contributed by atoms with Crippen molar-refractivity contribution in [3.63, 3.8) is 0 Å². The first-order valence-corrected chi connectivity index (χ1v) is 7.50. The molecule has 0 spiro atoms. The normalized spacial score (nSPS) is 22.9. The number of nitrogens with two attached hydrogens (primary N) is 1. The summed E-state index contributed by atoms with van der Waals surface area (Å²) in [5.41, 5.74) is 6.77. The van der Waals surface area contributed by atoms with E-state index in [4.69, 9.17) is 10.3 Å². The van der Waals surface area contributed by atoms with E-state index in [1.54, 1.807) is 11.3 Å². The lowest BCUT2D eigenvalue weighted by atomic mass is 10.1. The van der Waals surface area contributed by atoms with Crippen LogP contribution in [0.5, 0.6) is 0 Å². The highest BCUT2D eigenvalue weighted by molar-refractivity contribution is 7.08. The predicted octanol–water partition coefficient (Wildman–Crippen LogP) is 2.39. The quantitative estimate of drug-likeness (QED) is 0.938. The van der Waals surface area contributed by atoms with Gasteiger partial charge < -0.3 is 10.3 Å². The van der Waals surface area contributed by atoms with E-state index < -0.39 is 0 Å². The van der Waals surface area contributed by atoms with E-state index in [-0.39, 0.29) is 12.4 Å². The van der Waals surface area contributed by atoms with Gasteiger partial charge in [-0.25, -0.2) is 0 Å². The van der Waals surface area contributed by atoms with Gasteiger partial charge in [-0.15, -0.1) is 12.4 Å². The number of hydrogen-bond acceptors (Lipinski definition) is 6. The summed E-state index contributed by atoms with van der Waals surface area (Å²) < 4.78 is 5.34. The Morgan fingerprint density at radius 2 is 2.40 bits per heavy atom. The maximum Gasteiger partial charge on any atom is 0.241 e. The van der Waals surface area contributed by atoms with Crippen molar-refractivity contribution in [2.24, 2.45) is 11.7 Å². The molecule has 2 aromatic heterocycles. The van der Waals surface area contributed by atoms with Gasteiger partial charge in [-0.2, -0.15) is 16.3 Å². The van der Waals surface area contributed by atoms with Crippen LogP contribution in [0.4, 0.5) is 0 Å². The van der Waals surface area contributed by atoms with Crippen LogP contribution < -0.4 is 5.73 Å². The average Bonchev–Trinajstić information content (AvgIpc) is 3.11. The third-order valence-electron chi connectivity index (χ3n) is 3.71. The van der Waals surface area contributed by atoms with Crippen molar-refractivity contribution in [2.45, 2.75) is 25.9 Å². The van der Waals surface area contributed by atoms with Crippen molar-refractivity contribution in [1.82, 2.24) is 15.0 Å². The average molecular weight is 315 g/mol. The molecule has 2 aromatic rings. The van der Waals surface area contributed by atoms with Crippen LogP contribution in [0, 0.1) is 5.92 Å². The highest BCUT2D eigenvalue weighted by atomic mass is 35.5. The zero-order valence-corrected chi connectivity index (χ0v) is 13.0. The van der Waals surface area contributed by atoms with Crippen molar-refractivity contribution in [3.05, 3.63) is 22.7 Å². The molecule has 0 bridgehead atoms. The highest BCUT2D eigenvalue weighted by Gasteiger charge is 2.29. The molecular weight excluding hydrogens is 296 g/mol. The van der Waals surface area contributed by atoms with Crippen molar-refractivity contribution < 1.29 is 4.52 Å². The van der Waals surface area contributed by atoms with Crippen LogP contribution in [0.3, 0.4) is 0 Å². The Morgan fingerprint density at radius 3 is 3.05 bits per heavy atom. The predicted molar refractivity (Wildman–Crippen MR) is 81.9 cm³/mol. The number of rotatable bonds is 4. The minimum Gasteiger partial charge on any atom is -0.338 e. The van der Waals surface area contributed by atoms with Crippen LogP contribution in [-0.4, -0.2) is 34.2 Å². The SMILES string of the molecule is CC1CC(CN)CN1Cc1nc(-c2ccsc2)no1.Cl. The maximum atomic E-state index is 5.74. The standard InChI is InChI=1S/C13H18N4OS.ClH/c1-9-4-10(5-14)6-17(9)7-12-15-13(16-18-12)11-2-3-19-8-11;/h2-3,8-10H,4-7,14H2,1H3;1H. The Balaban J connectivity index is 0.00000147. The Labute approximate surface area is 128 Å². The van der Waals surface area contributed by atoms with E-state index >= 15 is 0 Å². The van der Waals surface area contributed by atoms with Crippen LogP contribution in [-0.2, 0) is 6.54 Å². The Hall–Kier alpha value is -0.950. The lowest BCUT2D eigenvalue weighted by Crippen LogP contribution is -2.27. The van der Waals surface area contributed by atoms with E-state index in [0.29, 0.717) is 23.7 Å². The van der Waals surface area contributed by atoms with Gasteiger partial charge in [0.25, 0.3) is 0 Å². The fraction of sp³-hybridized carbons (Fsp3) is 0.538. The fourth-order valence-electron chi connectivity index (χ4n) is 2.61. The molecule has 1 aliphatic rings. The number of nitrogens with zero attached hydrogens (tertiary/aromatic N) is 3. The molecule has 1 fully saturated rings. The summed E-state index contributed by atoms with van der Waals surface area (Å²) in [7, 11) is 0. The van der Waals surface area contributed by atoms with Crippen molar-refractivity contribution >= 4 is 23.7 Å². The van der Waals surface area contributed by atoms with Crippen LogP contribution in [0.2, 0.25) is 0 Å². The maximum absolute atomic E-state index is 5.74. The summed E-state index contributed by atoms with van der Waals surface area (Å²) in [6.45, 7) is 4.72. The molecule has 0 aliphatic carbocycles. The van der Waals surface area contributed by atoms with Gasteiger partial charge in [0.2, 0.25) is 11.7 Å². The highest BCUT2D eigenvalue weighted by Crippen LogP contribution is 2.24. The number of hydrogen-bond donors (Lipinski definition) is 1. The Bertz CT molecular complexity index is 530. The molecule has 1 aliphatic heterocycles. The summed E-state index contributed by atoms with van der Waals surface area (Å²) in [6, 6.07) is 2.53. The second-order valence-electron chi connectivity index (χ2n) is 5.14. The summed E-state index contributed by atoms with van der Waals surface area (Å²) >= 11 is 1.63. The van der Waals surface area contributed by atoms with Crippen LogP contribution in [0.1, 0.15) is 19.2 Å². The number of thiophene rings is 1. The van der Waals surface area contributed by atoms with E-state index in [0.717, 1.165) is 31.6 Å². The first kappa shape index (κ1) is 15.4. The van der Waals surface area contributed by atoms with Gasteiger partial charge in [0, 0.05) is 23.5 Å². The van der Waals surface area contributed by atoms with E-state index in [2.05, 4.69) is 22.0 Å². The van der Waals surface area contributed by atoms with Crippen LogP contribution in [0.25, 0.3) is 11.4 Å². The lowest BCUT2D eigenvalue weighted by molar-refractivity contribution is 0.218. The molecule has 3 heterocycles. The topological polar surface area (TPSA) is 68.2 Å². The first-order valence-electron chi connectivity index (χ1n) is 6.55. The molecule has 0 aromatic carbocycles. The number of aromatic nitrogens is 2. The molecule has 0 radical (unpaired) electrons. The molecule has 110 valence electrons. The third-order valence-corrected chi connectivity index (χ3v) is 4.39. The van der Waals surface area contributed by atoms with E-state index in [9.17, 15) is 0 Å². The molecule has 20 heavy (non-hydrogen) atoms. The number of halogens is 1. The molecule has 2 atom stereocenters. The summed E-state index contributed by atoms with van der Waals surface area (Å²) in [5, 5.41) is 8.07. The summed E-state index contributed by atoms with van der Waals surface area (Å²) in [6.07, 6.45) is 1.15. The summed E-state index contributed by atoms with van der Waals surface area (Å²) in [4.78, 5) is 6.82. The molecule has 5 nitrogen and oxygen atoms in total. The smallest absolute Gasteiger partial charge is 0.241 e. The Kier molecular flexibility index (Phi) is 5.15. The van der Waals surface area contributed by atoms with E-state index in [1.807, 2.05) is 16.8 Å². The fourth-order valence-corrected chi connectivity index (χ4v) is 3.24. The molecule has 1 saturated heterocycles. The second-order valence-corrected chi connectivity index (χ2v) is 5.92. The van der Waals surface area contributed by atoms with Gasteiger partial charge in [-0.1, -0.05) is 5.16 Å². The molecule has 7 heteroatoms. The molecule has 0 amide bonds. The van der Waals surface area contributed by atoms with Gasteiger partial charge in [-0.05, 0) is 37.3 Å². The molecule has 2 N–H and O–H groups in total. The number of likely N-dealkylation sites (tertiary alicyclic amines) is 1. The molecular formula is C13H19ClN4OS. The van der Waals surface area contributed by atoms with Gasteiger partial charge in [-0.3, -0.25) is 4.90 Å². The first-order chi connectivity index (χ1) is 9.26.